The number of aromatic nitrogens is 1. The molecule has 0 saturated heterocycles. The van der Waals surface area contributed by atoms with Gasteiger partial charge < -0.3 is 19.3 Å². The van der Waals surface area contributed by atoms with Gasteiger partial charge in [0, 0.05) is 59.0 Å². The van der Waals surface area contributed by atoms with E-state index < -0.39 is 27.9 Å². The number of benzene rings is 4. The van der Waals surface area contributed by atoms with Crippen molar-refractivity contribution in [2.24, 2.45) is 0 Å². The normalized spacial score (nSPS) is 11.5. The topological polar surface area (TPSA) is 156 Å². The number of hydrogen-bond acceptors (Lipinski definition) is 12. The van der Waals surface area contributed by atoms with Crippen LogP contribution in [0.3, 0.4) is 0 Å². The number of aryl methyl sites for hydroxylation is 1. The van der Waals surface area contributed by atoms with E-state index in [0.29, 0.717) is 56.0 Å². The van der Waals surface area contributed by atoms with E-state index in [1.165, 1.54) is 25.6 Å². The number of carbonyl (C=O) groups is 3. The molecule has 0 amide bonds. The molecule has 14 heteroatoms. The SMILES string of the molecule is COC(=O)c1cccc(CN(CCN(CCCO)S(=O)(=O)c2ccc(C)cc2)Cc2cccc(CN(Cc3cccc(C(=O)OC)c3)Cc3cccc(C(=O)OC)c3)n2)c1. The molecule has 1 N–H and O–H groups in total. The molecule has 4 aromatic carbocycles. The second-order valence-corrected chi connectivity index (χ2v) is 16.3. The molecule has 1 heterocycles. The molecule has 1 aromatic heterocycles. The van der Waals surface area contributed by atoms with Crippen molar-refractivity contribution < 1.29 is 42.1 Å². The minimum atomic E-state index is -3.88. The molecule has 60 heavy (non-hydrogen) atoms. The number of aliphatic hydroxyl groups is 1. The van der Waals surface area contributed by atoms with Crippen LogP contribution >= 0.6 is 0 Å². The number of nitrogens with zero attached hydrogens (tertiary/aromatic N) is 4. The summed E-state index contributed by atoms with van der Waals surface area (Å²) in [5, 5.41) is 9.67. The highest BCUT2D eigenvalue weighted by Gasteiger charge is 2.25. The van der Waals surface area contributed by atoms with Crippen LogP contribution in [0.2, 0.25) is 0 Å². The highest BCUT2D eigenvalue weighted by atomic mass is 32.2. The third kappa shape index (κ3) is 12.9. The molecule has 0 radical (unpaired) electrons. The van der Waals surface area contributed by atoms with Gasteiger partial charge in [0.25, 0.3) is 0 Å². The molecule has 0 fully saturated rings. The lowest BCUT2D eigenvalue weighted by atomic mass is 10.1. The highest BCUT2D eigenvalue weighted by molar-refractivity contribution is 7.89. The average molecular weight is 837 g/mol. The lowest BCUT2D eigenvalue weighted by molar-refractivity contribution is 0.0591. The van der Waals surface area contributed by atoms with Gasteiger partial charge in [-0.2, -0.15) is 4.31 Å². The number of aliphatic hydroxyl groups excluding tert-OH is 1. The molecule has 0 spiro atoms. The van der Waals surface area contributed by atoms with Gasteiger partial charge in [0.1, 0.15) is 0 Å². The van der Waals surface area contributed by atoms with E-state index in [1.54, 1.807) is 66.7 Å². The highest BCUT2D eigenvalue weighted by Crippen LogP contribution is 2.20. The van der Waals surface area contributed by atoms with Crippen LogP contribution in [0.15, 0.2) is 120 Å². The maximum absolute atomic E-state index is 13.9. The Bertz CT molecular complexity index is 2280. The maximum atomic E-state index is 13.9. The number of ether oxygens (including phenoxy) is 3. The van der Waals surface area contributed by atoms with Crippen molar-refractivity contribution in [3.8, 4) is 0 Å². The van der Waals surface area contributed by atoms with Gasteiger partial charge in [-0.25, -0.2) is 22.8 Å². The Labute approximate surface area is 352 Å². The quantitative estimate of drug-likeness (QED) is 0.0678. The Morgan fingerprint density at radius 3 is 1.45 bits per heavy atom. The number of sulfonamides is 1. The fourth-order valence-electron chi connectivity index (χ4n) is 6.77. The summed E-state index contributed by atoms with van der Waals surface area (Å²) in [6, 6.07) is 34.1. The van der Waals surface area contributed by atoms with Crippen molar-refractivity contribution in [1.82, 2.24) is 19.1 Å². The smallest absolute Gasteiger partial charge is 0.337 e. The maximum Gasteiger partial charge on any atom is 0.337 e. The molecule has 0 bridgehead atoms. The monoisotopic (exact) mass is 836 g/mol. The predicted octanol–water partition coefficient (Wildman–Crippen LogP) is 6.03. The largest absolute Gasteiger partial charge is 0.465 e. The minimum absolute atomic E-state index is 0.132. The minimum Gasteiger partial charge on any atom is -0.465 e. The zero-order chi connectivity index (χ0) is 43.1. The summed E-state index contributed by atoms with van der Waals surface area (Å²) in [5.41, 5.74) is 6.29. The zero-order valence-electron chi connectivity index (χ0n) is 34.5. The number of esters is 3. The molecule has 0 saturated carbocycles. The lowest BCUT2D eigenvalue weighted by Gasteiger charge is -2.28. The Morgan fingerprint density at radius 1 is 0.567 bits per heavy atom. The summed E-state index contributed by atoms with van der Waals surface area (Å²) < 4.78 is 44.0. The number of methoxy groups -OCH3 is 3. The Morgan fingerprint density at radius 2 is 1.00 bits per heavy atom. The summed E-state index contributed by atoms with van der Waals surface area (Å²) >= 11 is 0. The molecule has 0 unspecified atom stereocenters. The van der Waals surface area contributed by atoms with Crippen LogP contribution in [0.1, 0.15) is 71.1 Å². The molecule has 0 aliphatic heterocycles. The van der Waals surface area contributed by atoms with E-state index in [0.717, 1.165) is 33.6 Å². The van der Waals surface area contributed by atoms with Crippen LogP contribution in [0, 0.1) is 6.92 Å². The van der Waals surface area contributed by atoms with Crippen LogP contribution in [0.5, 0.6) is 0 Å². The van der Waals surface area contributed by atoms with E-state index in [2.05, 4.69) is 9.80 Å². The average Bonchev–Trinajstić information content (AvgIpc) is 3.25. The van der Waals surface area contributed by atoms with E-state index >= 15 is 0 Å². The molecular formula is C46H52N4O9S. The van der Waals surface area contributed by atoms with Gasteiger partial charge in [0.15, 0.2) is 0 Å². The molecule has 316 valence electrons. The number of rotatable bonds is 21. The van der Waals surface area contributed by atoms with E-state index in [9.17, 15) is 27.9 Å². The van der Waals surface area contributed by atoms with E-state index in [-0.39, 0.29) is 31.0 Å². The Kier molecular flexibility index (Phi) is 16.6. The molecule has 0 aliphatic carbocycles. The first-order valence-corrected chi connectivity index (χ1v) is 21.0. The second-order valence-electron chi connectivity index (χ2n) is 14.3. The third-order valence-corrected chi connectivity index (χ3v) is 11.7. The van der Waals surface area contributed by atoms with Crippen LogP contribution in [-0.2, 0) is 57.0 Å². The van der Waals surface area contributed by atoms with Crippen molar-refractivity contribution in [1.29, 1.82) is 0 Å². The summed E-state index contributed by atoms with van der Waals surface area (Å²) in [6.45, 7) is 4.32. The van der Waals surface area contributed by atoms with Gasteiger partial charge in [-0.3, -0.25) is 14.8 Å². The van der Waals surface area contributed by atoms with E-state index in [1.807, 2.05) is 55.5 Å². The van der Waals surface area contributed by atoms with E-state index in [4.69, 9.17) is 19.2 Å². The van der Waals surface area contributed by atoms with Gasteiger partial charge in [0.2, 0.25) is 10.0 Å². The fraction of sp³-hybridized carbons (Fsp3) is 0.304. The van der Waals surface area contributed by atoms with Crippen LogP contribution in [0.25, 0.3) is 0 Å². The van der Waals surface area contributed by atoms with Gasteiger partial charge in [-0.1, -0.05) is 60.2 Å². The summed E-state index contributed by atoms with van der Waals surface area (Å²) in [4.78, 5) is 46.6. The zero-order valence-corrected chi connectivity index (χ0v) is 35.3. The summed E-state index contributed by atoms with van der Waals surface area (Å²) in [5.74, 6) is -1.33. The van der Waals surface area contributed by atoms with Gasteiger partial charge in [0.05, 0.1) is 54.3 Å². The molecule has 5 rings (SSSR count). The van der Waals surface area contributed by atoms with Crippen molar-refractivity contribution >= 4 is 27.9 Å². The Balaban J connectivity index is 1.43. The molecule has 5 aromatic rings. The number of hydrogen-bond donors (Lipinski definition) is 1. The summed E-state index contributed by atoms with van der Waals surface area (Å²) in [6.07, 6.45) is 0.270. The standard InChI is InChI=1S/C46H52N4O9S/c1-34-18-20-43(21-19-34)60(55,56)50(22-9-25-51)24-23-48(29-35-10-5-13-38(26-35)44(52)57-2)32-41-16-8-17-42(47-41)33-49(30-36-11-6-14-39(27-36)45(53)58-3)31-37-12-7-15-40(28-37)46(54)59-4/h5-8,10-21,26-28,51H,9,22-25,29-33H2,1-4H3. The first kappa shape index (κ1) is 45.3. The van der Waals surface area contributed by atoms with Crippen LogP contribution in [0.4, 0.5) is 0 Å². The van der Waals surface area contributed by atoms with Crippen LogP contribution < -0.4 is 0 Å². The molecule has 0 aliphatic rings. The van der Waals surface area contributed by atoms with Crippen molar-refractivity contribution in [2.75, 3.05) is 47.6 Å². The van der Waals surface area contributed by atoms with Gasteiger partial charge >= 0.3 is 17.9 Å². The number of pyridine rings is 1. The molecular weight excluding hydrogens is 785 g/mol. The third-order valence-electron chi connectivity index (χ3n) is 9.79. The molecule has 13 nitrogen and oxygen atoms in total. The van der Waals surface area contributed by atoms with Crippen molar-refractivity contribution in [3.63, 3.8) is 0 Å². The van der Waals surface area contributed by atoms with Crippen molar-refractivity contribution in [2.45, 2.75) is 51.0 Å². The first-order chi connectivity index (χ1) is 28.9. The number of carbonyl (C=O) groups excluding carboxylic acids is 3. The van der Waals surface area contributed by atoms with Crippen molar-refractivity contribution in [3.05, 3.63) is 166 Å². The fourth-order valence-corrected chi connectivity index (χ4v) is 8.24. The van der Waals surface area contributed by atoms with Gasteiger partial charge in [-0.05, 0) is 90.7 Å². The van der Waals surface area contributed by atoms with Crippen LogP contribution in [-0.4, -0.2) is 98.1 Å². The Hall–Kier alpha value is -5.77. The predicted molar refractivity (Wildman–Crippen MR) is 226 cm³/mol. The lowest BCUT2D eigenvalue weighted by Crippen LogP contribution is -2.39. The van der Waals surface area contributed by atoms with Gasteiger partial charge in [-0.15, -0.1) is 0 Å². The molecule has 0 atom stereocenters. The summed E-state index contributed by atoms with van der Waals surface area (Å²) in [7, 11) is 0.133. The first-order valence-electron chi connectivity index (χ1n) is 19.5. The second kappa shape index (κ2) is 22.0.